The maximum absolute atomic E-state index is 10.9. The first kappa shape index (κ1) is 10.8. The molecular weight excluding hydrogens is 180 g/mol. The fourth-order valence-electron chi connectivity index (χ4n) is 1.32. The molecule has 0 aromatic carbocycles. The number of aromatic nitrogens is 1. The van der Waals surface area contributed by atoms with E-state index in [2.05, 4.69) is 4.98 Å². The lowest BCUT2D eigenvalue weighted by molar-refractivity contribution is -0.147. The van der Waals surface area contributed by atoms with Gasteiger partial charge in [0.05, 0.1) is 5.41 Å². The topological polar surface area (TPSA) is 79.1 Å². The lowest BCUT2D eigenvalue weighted by Crippen LogP contribution is -2.29. The predicted molar refractivity (Wildman–Crippen MR) is 53.8 cm³/mol. The molecule has 0 aliphatic rings. The molecule has 14 heavy (non-hydrogen) atoms. The van der Waals surface area contributed by atoms with Crippen LogP contribution < -0.4 is 5.73 Å². The summed E-state index contributed by atoms with van der Waals surface area (Å²) in [7, 11) is 0. The Balaban J connectivity index is 2.66. The Hall–Kier alpha value is -1.29. The molecule has 1 unspecified atom stereocenters. The summed E-state index contributed by atoms with van der Waals surface area (Å²) >= 11 is 0. The van der Waals surface area contributed by atoms with E-state index in [0.29, 0.717) is 6.42 Å². The SMILES string of the molecule is CC(C)(CC(N)c1ccc[nH]1)C(=O)O. The van der Waals surface area contributed by atoms with Crippen molar-refractivity contribution in [1.29, 1.82) is 0 Å². The Kier molecular flexibility index (Phi) is 2.96. The molecule has 0 bridgehead atoms. The Morgan fingerprint density at radius 3 is 2.79 bits per heavy atom. The van der Waals surface area contributed by atoms with Gasteiger partial charge in [-0.2, -0.15) is 0 Å². The quantitative estimate of drug-likeness (QED) is 0.683. The number of hydrogen-bond donors (Lipinski definition) is 3. The van der Waals surface area contributed by atoms with Crippen molar-refractivity contribution in [3.05, 3.63) is 24.0 Å². The van der Waals surface area contributed by atoms with Crippen LogP contribution in [0.3, 0.4) is 0 Å². The molecule has 0 spiro atoms. The molecular formula is C10H16N2O2. The molecule has 0 saturated carbocycles. The second-order valence-electron chi connectivity index (χ2n) is 4.13. The van der Waals surface area contributed by atoms with E-state index in [9.17, 15) is 4.79 Å². The molecule has 4 nitrogen and oxygen atoms in total. The van der Waals surface area contributed by atoms with E-state index in [4.69, 9.17) is 10.8 Å². The summed E-state index contributed by atoms with van der Waals surface area (Å²) in [4.78, 5) is 13.8. The molecule has 78 valence electrons. The lowest BCUT2D eigenvalue weighted by atomic mass is 9.85. The van der Waals surface area contributed by atoms with Crippen molar-refractivity contribution in [2.75, 3.05) is 0 Å². The van der Waals surface area contributed by atoms with Gasteiger partial charge >= 0.3 is 5.97 Å². The number of carbonyl (C=O) groups is 1. The highest BCUT2D eigenvalue weighted by Gasteiger charge is 2.30. The lowest BCUT2D eigenvalue weighted by Gasteiger charge is -2.22. The monoisotopic (exact) mass is 196 g/mol. The first-order valence-corrected chi connectivity index (χ1v) is 4.56. The number of aromatic amines is 1. The Bertz CT molecular complexity index is 304. The molecule has 1 aromatic rings. The predicted octanol–water partition coefficient (Wildman–Crippen LogP) is 1.52. The first-order chi connectivity index (χ1) is 6.43. The van der Waals surface area contributed by atoms with Crippen molar-refractivity contribution in [3.63, 3.8) is 0 Å². The van der Waals surface area contributed by atoms with Crippen LogP contribution in [0.25, 0.3) is 0 Å². The summed E-state index contributed by atoms with van der Waals surface area (Å²) in [5, 5.41) is 8.92. The van der Waals surface area contributed by atoms with E-state index in [1.807, 2.05) is 12.1 Å². The third-order valence-corrected chi connectivity index (χ3v) is 2.33. The second kappa shape index (κ2) is 3.84. The number of nitrogens with one attached hydrogen (secondary N) is 1. The second-order valence-corrected chi connectivity index (χ2v) is 4.13. The highest BCUT2D eigenvalue weighted by Crippen LogP contribution is 2.27. The minimum atomic E-state index is -0.820. The molecule has 0 aliphatic heterocycles. The summed E-state index contributed by atoms with van der Waals surface area (Å²) in [6.07, 6.45) is 2.20. The normalized spacial score (nSPS) is 13.9. The van der Waals surface area contributed by atoms with Gasteiger partial charge in [0.1, 0.15) is 0 Å². The number of rotatable bonds is 4. The van der Waals surface area contributed by atoms with Crippen LogP contribution in [0.2, 0.25) is 0 Å². The largest absolute Gasteiger partial charge is 0.481 e. The van der Waals surface area contributed by atoms with Gasteiger partial charge in [0, 0.05) is 17.9 Å². The average molecular weight is 196 g/mol. The van der Waals surface area contributed by atoms with Crippen molar-refractivity contribution in [2.45, 2.75) is 26.3 Å². The van der Waals surface area contributed by atoms with Crippen molar-refractivity contribution in [1.82, 2.24) is 4.98 Å². The number of hydrogen-bond acceptors (Lipinski definition) is 2. The zero-order valence-corrected chi connectivity index (χ0v) is 8.45. The number of H-pyrrole nitrogens is 1. The van der Waals surface area contributed by atoms with Crippen LogP contribution >= 0.6 is 0 Å². The Morgan fingerprint density at radius 1 is 1.71 bits per heavy atom. The van der Waals surface area contributed by atoms with Crippen molar-refractivity contribution in [3.8, 4) is 0 Å². The van der Waals surface area contributed by atoms with E-state index >= 15 is 0 Å². The standard InChI is InChI=1S/C10H16N2O2/c1-10(2,9(13)14)6-7(11)8-4-3-5-12-8/h3-5,7,12H,6,11H2,1-2H3,(H,13,14). The van der Waals surface area contributed by atoms with Crippen LogP contribution in [-0.2, 0) is 4.79 Å². The van der Waals surface area contributed by atoms with Crippen LogP contribution in [0.15, 0.2) is 18.3 Å². The van der Waals surface area contributed by atoms with Gasteiger partial charge in [0.2, 0.25) is 0 Å². The van der Waals surface area contributed by atoms with E-state index in [0.717, 1.165) is 5.69 Å². The highest BCUT2D eigenvalue weighted by atomic mass is 16.4. The molecule has 1 aromatic heterocycles. The van der Waals surface area contributed by atoms with Crippen molar-refractivity contribution < 1.29 is 9.90 Å². The van der Waals surface area contributed by atoms with E-state index in [-0.39, 0.29) is 6.04 Å². The van der Waals surface area contributed by atoms with Gasteiger partial charge < -0.3 is 15.8 Å². The van der Waals surface area contributed by atoms with Gasteiger partial charge in [0.25, 0.3) is 0 Å². The maximum Gasteiger partial charge on any atom is 0.309 e. The van der Waals surface area contributed by atoms with Crippen LogP contribution in [0.5, 0.6) is 0 Å². The molecule has 0 saturated heterocycles. The molecule has 4 N–H and O–H groups in total. The molecule has 1 atom stereocenters. The van der Waals surface area contributed by atoms with Gasteiger partial charge in [0.15, 0.2) is 0 Å². The van der Waals surface area contributed by atoms with Gasteiger partial charge in [-0.25, -0.2) is 0 Å². The molecule has 0 aliphatic carbocycles. The summed E-state index contributed by atoms with van der Waals surface area (Å²) < 4.78 is 0. The summed E-state index contributed by atoms with van der Waals surface area (Å²) in [6, 6.07) is 3.46. The number of aliphatic carboxylic acids is 1. The first-order valence-electron chi connectivity index (χ1n) is 4.56. The molecule has 4 heteroatoms. The van der Waals surface area contributed by atoms with Crippen LogP contribution in [0, 0.1) is 5.41 Å². The molecule has 1 rings (SSSR count). The zero-order chi connectivity index (χ0) is 10.8. The zero-order valence-electron chi connectivity index (χ0n) is 8.45. The van der Waals surface area contributed by atoms with Gasteiger partial charge in [-0.15, -0.1) is 0 Å². The van der Waals surface area contributed by atoms with Crippen LogP contribution in [0.1, 0.15) is 32.0 Å². The van der Waals surface area contributed by atoms with Crippen molar-refractivity contribution >= 4 is 5.97 Å². The van der Waals surface area contributed by atoms with E-state index < -0.39 is 11.4 Å². The highest BCUT2D eigenvalue weighted by molar-refractivity contribution is 5.73. The number of carboxylic acids is 1. The van der Waals surface area contributed by atoms with E-state index in [1.165, 1.54) is 0 Å². The fraction of sp³-hybridized carbons (Fsp3) is 0.500. The molecule has 0 amide bonds. The van der Waals surface area contributed by atoms with Crippen LogP contribution in [-0.4, -0.2) is 16.1 Å². The molecule has 0 fully saturated rings. The van der Waals surface area contributed by atoms with Gasteiger partial charge in [-0.1, -0.05) is 0 Å². The molecule has 0 radical (unpaired) electrons. The number of carboxylic acid groups (broad SMARTS) is 1. The summed E-state index contributed by atoms with van der Waals surface area (Å²) in [5.41, 5.74) is 5.96. The average Bonchev–Trinajstić information content (AvgIpc) is 2.54. The van der Waals surface area contributed by atoms with Crippen LogP contribution in [0.4, 0.5) is 0 Å². The fourth-order valence-corrected chi connectivity index (χ4v) is 1.32. The summed E-state index contributed by atoms with van der Waals surface area (Å²) in [5.74, 6) is -0.820. The minimum absolute atomic E-state index is 0.254. The third kappa shape index (κ3) is 2.35. The van der Waals surface area contributed by atoms with Gasteiger partial charge in [-0.05, 0) is 32.4 Å². The number of nitrogens with two attached hydrogens (primary N) is 1. The molecule has 1 heterocycles. The summed E-state index contributed by atoms with van der Waals surface area (Å²) in [6.45, 7) is 3.36. The third-order valence-electron chi connectivity index (χ3n) is 2.33. The van der Waals surface area contributed by atoms with E-state index in [1.54, 1.807) is 20.0 Å². The Morgan fingerprint density at radius 2 is 2.36 bits per heavy atom. The Labute approximate surface area is 83.1 Å². The van der Waals surface area contributed by atoms with Crippen molar-refractivity contribution in [2.24, 2.45) is 11.1 Å². The smallest absolute Gasteiger partial charge is 0.309 e. The van der Waals surface area contributed by atoms with Gasteiger partial charge in [-0.3, -0.25) is 4.79 Å². The minimum Gasteiger partial charge on any atom is -0.481 e. The maximum atomic E-state index is 10.9.